The van der Waals surface area contributed by atoms with E-state index in [1.54, 1.807) is 24.3 Å². The van der Waals surface area contributed by atoms with Crippen LogP contribution in [0.2, 0.25) is 0 Å². The second-order valence-corrected chi connectivity index (χ2v) is 6.53. The summed E-state index contributed by atoms with van der Waals surface area (Å²) in [6.07, 6.45) is 0. The number of thiophene rings is 1. The molecule has 5 heteroatoms. The zero-order valence-electron chi connectivity index (χ0n) is 10.5. The number of aryl methyl sites for hydroxylation is 1. The molecule has 3 nitrogen and oxygen atoms in total. The molecule has 1 heterocycles. The average Bonchev–Trinajstić information content (AvgIpc) is 2.69. The van der Waals surface area contributed by atoms with Crippen LogP contribution in [0.3, 0.4) is 0 Å². The molecule has 1 amide bonds. The van der Waals surface area contributed by atoms with Crippen molar-refractivity contribution < 1.29 is 9.59 Å². The Morgan fingerprint density at radius 3 is 2.32 bits per heavy atom. The molecule has 0 saturated carbocycles. The van der Waals surface area contributed by atoms with Crippen molar-refractivity contribution in [2.24, 2.45) is 0 Å². The Labute approximate surface area is 123 Å². The van der Waals surface area contributed by atoms with Crippen LogP contribution in [0.25, 0.3) is 0 Å². The molecular formula is C14H12BrNO2S. The highest BCUT2D eigenvalue weighted by Crippen LogP contribution is 2.29. The summed E-state index contributed by atoms with van der Waals surface area (Å²) in [7, 11) is 0. The zero-order valence-corrected chi connectivity index (χ0v) is 12.9. The summed E-state index contributed by atoms with van der Waals surface area (Å²) in [5, 5.41) is 2.67. The standard InChI is InChI=1S/C14H12BrNO2S/c1-8-7-12(19-14(8)15)13(18)10-3-5-11(6-4-10)16-9(2)17/h3-7H,1-2H3,(H,16,17). The van der Waals surface area contributed by atoms with Gasteiger partial charge in [0.05, 0.1) is 8.66 Å². The first kappa shape index (κ1) is 14.0. The number of nitrogens with one attached hydrogen (secondary N) is 1. The van der Waals surface area contributed by atoms with E-state index in [9.17, 15) is 9.59 Å². The second-order valence-electron chi connectivity index (χ2n) is 4.16. The number of halogens is 1. The first-order chi connectivity index (χ1) is 8.97. The first-order valence-electron chi connectivity index (χ1n) is 5.65. The number of carbonyl (C=O) groups excluding carboxylic acids is 2. The molecule has 0 saturated heterocycles. The Hall–Kier alpha value is -1.46. The quantitative estimate of drug-likeness (QED) is 0.860. The fourth-order valence-electron chi connectivity index (χ4n) is 1.62. The van der Waals surface area contributed by atoms with Crippen LogP contribution in [0, 0.1) is 6.92 Å². The molecule has 0 bridgehead atoms. The maximum Gasteiger partial charge on any atom is 0.221 e. The number of hydrogen-bond acceptors (Lipinski definition) is 3. The Balaban J connectivity index is 2.22. The average molecular weight is 338 g/mol. The van der Waals surface area contributed by atoms with Crippen LogP contribution in [0.5, 0.6) is 0 Å². The summed E-state index contributed by atoms with van der Waals surface area (Å²) >= 11 is 4.84. The van der Waals surface area contributed by atoms with Crippen LogP contribution in [0.1, 0.15) is 27.7 Å². The molecule has 0 spiro atoms. The Kier molecular flexibility index (Phi) is 4.17. The summed E-state index contributed by atoms with van der Waals surface area (Å²) in [6.45, 7) is 3.41. The van der Waals surface area contributed by atoms with Gasteiger partial charge in [-0.15, -0.1) is 11.3 Å². The number of ketones is 1. The van der Waals surface area contributed by atoms with Gasteiger partial charge in [-0.3, -0.25) is 9.59 Å². The third-order valence-electron chi connectivity index (χ3n) is 2.55. The number of benzene rings is 1. The van der Waals surface area contributed by atoms with E-state index in [0.29, 0.717) is 16.1 Å². The molecule has 0 aliphatic heterocycles. The van der Waals surface area contributed by atoms with E-state index >= 15 is 0 Å². The Morgan fingerprint density at radius 2 is 1.84 bits per heavy atom. The minimum Gasteiger partial charge on any atom is -0.326 e. The second kappa shape index (κ2) is 5.67. The van der Waals surface area contributed by atoms with Crippen molar-refractivity contribution in [3.63, 3.8) is 0 Å². The highest BCUT2D eigenvalue weighted by Gasteiger charge is 2.13. The fourth-order valence-corrected chi connectivity index (χ4v) is 3.12. The minimum absolute atomic E-state index is 0.00632. The lowest BCUT2D eigenvalue weighted by Gasteiger charge is -2.03. The van der Waals surface area contributed by atoms with Gasteiger partial charge in [-0.25, -0.2) is 0 Å². The van der Waals surface area contributed by atoms with Gasteiger partial charge in [-0.05, 0) is 58.7 Å². The molecule has 1 aromatic heterocycles. The molecule has 98 valence electrons. The number of amides is 1. The third kappa shape index (κ3) is 3.30. The van der Waals surface area contributed by atoms with Gasteiger partial charge in [0.15, 0.2) is 0 Å². The predicted octanol–water partition coefficient (Wildman–Crippen LogP) is 4.01. The first-order valence-corrected chi connectivity index (χ1v) is 7.26. The molecule has 2 rings (SSSR count). The van der Waals surface area contributed by atoms with Crippen LogP contribution in [-0.2, 0) is 4.79 Å². The van der Waals surface area contributed by atoms with Gasteiger partial charge in [-0.1, -0.05) is 0 Å². The monoisotopic (exact) mass is 337 g/mol. The van der Waals surface area contributed by atoms with E-state index in [2.05, 4.69) is 21.2 Å². The van der Waals surface area contributed by atoms with Crippen LogP contribution < -0.4 is 5.32 Å². The van der Waals surface area contributed by atoms with Gasteiger partial charge in [0.1, 0.15) is 0 Å². The van der Waals surface area contributed by atoms with Crippen molar-refractivity contribution in [3.8, 4) is 0 Å². The Bertz CT molecular complexity index is 612. The molecule has 0 aliphatic rings. The lowest BCUT2D eigenvalue weighted by Crippen LogP contribution is -2.06. The SMILES string of the molecule is CC(=O)Nc1ccc(C(=O)c2cc(C)c(Br)s2)cc1. The third-order valence-corrected chi connectivity index (χ3v) is 4.68. The van der Waals surface area contributed by atoms with E-state index < -0.39 is 0 Å². The van der Waals surface area contributed by atoms with Crippen LogP contribution in [-0.4, -0.2) is 11.7 Å². The lowest BCUT2D eigenvalue weighted by molar-refractivity contribution is -0.114. The molecule has 1 N–H and O–H groups in total. The maximum atomic E-state index is 12.2. The van der Waals surface area contributed by atoms with E-state index in [0.717, 1.165) is 9.35 Å². The van der Waals surface area contributed by atoms with Crippen molar-refractivity contribution in [2.75, 3.05) is 5.32 Å². The number of carbonyl (C=O) groups is 2. The van der Waals surface area contributed by atoms with Gasteiger partial charge >= 0.3 is 0 Å². The highest BCUT2D eigenvalue weighted by molar-refractivity contribution is 9.11. The summed E-state index contributed by atoms with van der Waals surface area (Å²) in [5.74, 6) is -0.134. The maximum absolute atomic E-state index is 12.2. The molecule has 0 aliphatic carbocycles. The predicted molar refractivity (Wildman–Crippen MR) is 80.9 cm³/mol. The van der Waals surface area contributed by atoms with Gasteiger partial charge in [0.25, 0.3) is 0 Å². The van der Waals surface area contributed by atoms with Gasteiger partial charge in [0, 0.05) is 18.2 Å². The molecule has 0 unspecified atom stereocenters. The normalized spacial score (nSPS) is 10.3. The van der Waals surface area contributed by atoms with Crippen molar-refractivity contribution >= 4 is 44.6 Å². The number of rotatable bonds is 3. The van der Waals surface area contributed by atoms with Crippen LogP contribution in [0.4, 0.5) is 5.69 Å². The molecule has 0 radical (unpaired) electrons. The summed E-state index contributed by atoms with van der Waals surface area (Å²) < 4.78 is 0.978. The zero-order chi connectivity index (χ0) is 14.0. The summed E-state index contributed by atoms with van der Waals surface area (Å²) in [4.78, 5) is 23.9. The highest BCUT2D eigenvalue weighted by atomic mass is 79.9. The molecular weight excluding hydrogens is 326 g/mol. The van der Waals surface area contributed by atoms with E-state index in [1.165, 1.54) is 18.3 Å². The Morgan fingerprint density at radius 1 is 1.21 bits per heavy atom. The molecule has 0 fully saturated rings. The summed E-state index contributed by atoms with van der Waals surface area (Å²) in [5.41, 5.74) is 2.36. The van der Waals surface area contributed by atoms with Crippen molar-refractivity contribution in [2.45, 2.75) is 13.8 Å². The van der Waals surface area contributed by atoms with Crippen LogP contribution in [0.15, 0.2) is 34.1 Å². The summed E-state index contributed by atoms with van der Waals surface area (Å²) in [6, 6.07) is 8.76. The van der Waals surface area contributed by atoms with Crippen molar-refractivity contribution in [1.82, 2.24) is 0 Å². The van der Waals surface area contributed by atoms with Gasteiger partial charge < -0.3 is 5.32 Å². The van der Waals surface area contributed by atoms with Crippen molar-refractivity contribution in [3.05, 3.63) is 50.1 Å². The molecule has 0 atom stereocenters. The smallest absolute Gasteiger partial charge is 0.221 e. The number of hydrogen-bond donors (Lipinski definition) is 1. The van der Waals surface area contributed by atoms with Gasteiger partial charge in [-0.2, -0.15) is 0 Å². The lowest BCUT2D eigenvalue weighted by atomic mass is 10.1. The molecule has 19 heavy (non-hydrogen) atoms. The van der Waals surface area contributed by atoms with Crippen molar-refractivity contribution in [1.29, 1.82) is 0 Å². The largest absolute Gasteiger partial charge is 0.326 e. The van der Waals surface area contributed by atoms with E-state index in [4.69, 9.17) is 0 Å². The minimum atomic E-state index is -0.128. The fraction of sp³-hybridized carbons (Fsp3) is 0.143. The van der Waals surface area contributed by atoms with E-state index in [1.807, 2.05) is 13.0 Å². The van der Waals surface area contributed by atoms with E-state index in [-0.39, 0.29) is 11.7 Å². The molecule has 2 aromatic rings. The topological polar surface area (TPSA) is 46.2 Å². The van der Waals surface area contributed by atoms with Crippen LogP contribution >= 0.6 is 27.3 Å². The molecule has 1 aromatic carbocycles. The van der Waals surface area contributed by atoms with Gasteiger partial charge in [0.2, 0.25) is 11.7 Å². The number of anilines is 1.